The van der Waals surface area contributed by atoms with Crippen molar-refractivity contribution in [2.24, 2.45) is 0 Å². The van der Waals surface area contributed by atoms with Crippen molar-refractivity contribution in [1.29, 1.82) is 0 Å². The molecule has 1 aliphatic rings. The van der Waals surface area contributed by atoms with Crippen molar-refractivity contribution < 1.29 is 13.9 Å². The minimum absolute atomic E-state index is 0.126. The zero-order valence-electron chi connectivity index (χ0n) is 29.4. The van der Waals surface area contributed by atoms with Crippen molar-refractivity contribution >= 4 is 41.1 Å². The first kappa shape index (κ1) is 34.3. The maximum atomic E-state index is 7.00. The molecule has 3 aromatic carbocycles. The smallest absolute Gasteiger partial charge is 0.258 e. The van der Waals surface area contributed by atoms with Crippen molar-refractivity contribution in [1.82, 2.24) is 4.90 Å². The summed E-state index contributed by atoms with van der Waals surface area (Å²) in [6, 6.07) is 23.8. The van der Waals surface area contributed by atoms with Crippen LogP contribution in [0.15, 0.2) is 66.7 Å². The highest BCUT2D eigenvalue weighted by Crippen LogP contribution is 2.48. The van der Waals surface area contributed by atoms with Gasteiger partial charge in [-0.3, -0.25) is 4.90 Å². The second-order valence-electron chi connectivity index (χ2n) is 14.0. The molecule has 2 heterocycles. The molecular formula is C39H54N2O3SSi. The molecule has 5 rings (SSSR count). The summed E-state index contributed by atoms with van der Waals surface area (Å²) in [7, 11) is 0.128. The normalized spacial score (nSPS) is 14.3. The molecule has 5 nitrogen and oxygen atoms in total. The van der Waals surface area contributed by atoms with E-state index in [2.05, 4.69) is 139 Å². The highest BCUT2D eigenvalue weighted by molar-refractivity contribution is 7.23. The fourth-order valence-corrected chi connectivity index (χ4v) is 13.9. The van der Waals surface area contributed by atoms with Gasteiger partial charge < -0.3 is 18.8 Å². The molecule has 1 aliphatic heterocycles. The van der Waals surface area contributed by atoms with E-state index in [0.717, 1.165) is 36.1 Å². The summed E-state index contributed by atoms with van der Waals surface area (Å²) in [6.07, 6.45) is 2.74. The molecule has 0 radical (unpaired) electrons. The Morgan fingerprint density at radius 3 is 1.93 bits per heavy atom. The fourth-order valence-electron chi connectivity index (χ4n) is 7.36. The molecule has 0 N–H and O–H groups in total. The van der Waals surface area contributed by atoms with E-state index in [1.807, 2.05) is 11.3 Å². The van der Waals surface area contributed by atoms with E-state index in [1.54, 1.807) is 0 Å². The Balaban J connectivity index is 1.45. The highest BCUT2D eigenvalue weighted by atomic mass is 32.1. The van der Waals surface area contributed by atoms with Gasteiger partial charge in [0, 0.05) is 29.4 Å². The number of nitrogens with zero attached hydrogens (tertiary/aromatic N) is 2. The maximum Gasteiger partial charge on any atom is 0.258 e. The van der Waals surface area contributed by atoms with Gasteiger partial charge in [-0.2, -0.15) is 0 Å². The molecule has 1 saturated heterocycles. The Morgan fingerprint density at radius 2 is 1.35 bits per heavy atom. The van der Waals surface area contributed by atoms with Crippen molar-refractivity contribution in [3.05, 3.63) is 66.7 Å². The molecule has 0 bridgehead atoms. The zero-order valence-corrected chi connectivity index (χ0v) is 31.2. The number of thiophene rings is 1. The number of likely N-dealkylation sites (tertiary alicyclic amines) is 1. The Labute approximate surface area is 282 Å². The number of hydrogen-bond acceptors (Lipinski definition) is 6. The van der Waals surface area contributed by atoms with Crippen LogP contribution in [-0.2, 0) is 0 Å². The van der Waals surface area contributed by atoms with Crippen LogP contribution in [0.2, 0.25) is 16.6 Å². The van der Waals surface area contributed by atoms with Crippen LogP contribution < -0.4 is 18.8 Å². The Hall–Kier alpha value is -3.00. The molecule has 1 fully saturated rings. The van der Waals surface area contributed by atoms with Crippen LogP contribution in [0.1, 0.15) is 68.2 Å². The second kappa shape index (κ2) is 14.8. The van der Waals surface area contributed by atoms with E-state index in [0.29, 0.717) is 16.6 Å². The van der Waals surface area contributed by atoms with Gasteiger partial charge in [0.15, 0.2) is 0 Å². The number of ether oxygens (including phenoxy) is 2. The Morgan fingerprint density at radius 1 is 0.761 bits per heavy atom. The average molecular weight is 659 g/mol. The van der Waals surface area contributed by atoms with E-state index < -0.39 is 8.32 Å². The van der Waals surface area contributed by atoms with Crippen LogP contribution in [0.4, 0.5) is 11.4 Å². The standard InChI is InChI=1S/C39H54N2O3SSi/c1-27(2)43-35-20-21-36-37(26-35)45-39(31-12-16-34(17-13-31)44-46(28(3)4,29(5)6)30(7)8)38(36)40(9)32-14-18-33(19-15-32)42-25-24-41-22-10-11-23-41/h12-21,26-30H,10-11,22-25H2,1-9H3. The van der Waals surface area contributed by atoms with Crippen molar-refractivity contribution in [2.45, 2.75) is 91.0 Å². The predicted molar refractivity (Wildman–Crippen MR) is 200 cm³/mol. The van der Waals surface area contributed by atoms with Gasteiger partial charge in [0.2, 0.25) is 0 Å². The fraction of sp³-hybridized carbons (Fsp3) is 0.487. The van der Waals surface area contributed by atoms with Crippen LogP contribution in [0.3, 0.4) is 0 Å². The van der Waals surface area contributed by atoms with Crippen molar-refractivity contribution in [3.63, 3.8) is 0 Å². The van der Waals surface area contributed by atoms with Crippen LogP contribution in [0.5, 0.6) is 17.2 Å². The summed E-state index contributed by atoms with van der Waals surface area (Å²) in [4.78, 5) is 6.03. The van der Waals surface area contributed by atoms with E-state index in [1.165, 1.54) is 52.1 Å². The summed E-state index contributed by atoms with van der Waals surface area (Å²) in [5.41, 5.74) is 5.09. The van der Waals surface area contributed by atoms with E-state index in [4.69, 9.17) is 13.9 Å². The first-order valence-corrected chi connectivity index (χ1v) is 20.2. The first-order valence-electron chi connectivity index (χ1n) is 17.2. The van der Waals surface area contributed by atoms with Crippen LogP contribution in [-0.4, -0.2) is 52.6 Å². The van der Waals surface area contributed by atoms with Gasteiger partial charge in [0.1, 0.15) is 23.9 Å². The topological polar surface area (TPSA) is 34.2 Å². The molecule has 0 spiro atoms. The van der Waals surface area contributed by atoms with Gasteiger partial charge in [-0.15, -0.1) is 11.3 Å². The average Bonchev–Trinajstić information content (AvgIpc) is 3.67. The van der Waals surface area contributed by atoms with Crippen molar-refractivity contribution in [3.8, 4) is 27.7 Å². The molecule has 46 heavy (non-hydrogen) atoms. The SMILES string of the molecule is CC(C)Oc1ccc2c(N(C)c3ccc(OCCN4CCCC4)cc3)c(-c3ccc(O[Si](C(C)C)(C(C)C)C(C)C)cc3)sc2c1. The van der Waals surface area contributed by atoms with Gasteiger partial charge in [-0.05, 0) is 129 Å². The lowest BCUT2D eigenvalue weighted by molar-refractivity contribution is 0.238. The van der Waals surface area contributed by atoms with Gasteiger partial charge in [0.05, 0.1) is 16.7 Å². The molecule has 0 aliphatic carbocycles. The van der Waals surface area contributed by atoms with Crippen molar-refractivity contribution in [2.75, 3.05) is 38.2 Å². The summed E-state index contributed by atoms with van der Waals surface area (Å²) in [6.45, 7) is 22.3. The summed E-state index contributed by atoms with van der Waals surface area (Å²) in [5.74, 6) is 2.80. The number of benzene rings is 3. The predicted octanol–water partition coefficient (Wildman–Crippen LogP) is 11.2. The monoisotopic (exact) mass is 658 g/mol. The van der Waals surface area contributed by atoms with E-state index in [-0.39, 0.29) is 6.10 Å². The molecule has 0 saturated carbocycles. The third-order valence-electron chi connectivity index (χ3n) is 9.56. The zero-order chi connectivity index (χ0) is 33.0. The minimum Gasteiger partial charge on any atom is -0.543 e. The number of fused-ring (bicyclic) bond motifs is 1. The molecule has 0 amide bonds. The Kier molecular flexibility index (Phi) is 11.1. The van der Waals surface area contributed by atoms with Gasteiger partial charge in [-0.1, -0.05) is 41.5 Å². The van der Waals surface area contributed by atoms with Crippen LogP contribution in [0, 0.1) is 0 Å². The minimum atomic E-state index is -2.04. The molecule has 4 aromatic rings. The van der Waals surface area contributed by atoms with E-state index in [9.17, 15) is 0 Å². The van der Waals surface area contributed by atoms with Crippen LogP contribution in [0.25, 0.3) is 20.5 Å². The van der Waals surface area contributed by atoms with Gasteiger partial charge in [0.25, 0.3) is 8.32 Å². The molecule has 1 aromatic heterocycles. The van der Waals surface area contributed by atoms with Crippen LogP contribution >= 0.6 is 11.3 Å². The number of anilines is 2. The Bertz CT molecular complexity index is 1540. The molecule has 0 atom stereocenters. The van der Waals surface area contributed by atoms with E-state index >= 15 is 0 Å². The third kappa shape index (κ3) is 7.42. The maximum absolute atomic E-state index is 7.00. The molecule has 0 unspecified atom stereocenters. The quantitative estimate of drug-likeness (QED) is 0.126. The summed E-state index contributed by atoms with van der Waals surface area (Å²) >= 11 is 1.82. The van der Waals surface area contributed by atoms with Gasteiger partial charge >= 0.3 is 0 Å². The third-order valence-corrected chi connectivity index (χ3v) is 16.8. The van der Waals surface area contributed by atoms with Gasteiger partial charge in [-0.25, -0.2) is 0 Å². The second-order valence-corrected chi connectivity index (χ2v) is 20.4. The summed E-state index contributed by atoms with van der Waals surface area (Å²) < 4.78 is 20.4. The lowest BCUT2D eigenvalue weighted by atomic mass is 10.1. The molecule has 248 valence electrons. The highest BCUT2D eigenvalue weighted by Gasteiger charge is 2.47. The first-order chi connectivity index (χ1) is 22.0. The lowest BCUT2D eigenvalue weighted by Gasteiger charge is -2.42. The largest absolute Gasteiger partial charge is 0.543 e. The number of rotatable bonds is 14. The lowest BCUT2D eigenvalue weighted by Crippen LogP contribution is -2.50. The number of hydrogen-bond donors (Lipinski definition) is 0. The molecular weight excluding hydrogens is 605 g/mol. The summed E-state index contributed by atoms with van der Waals surface area (Å²) in [5, 5.41) is 1.22. The molecule has 7 heteroatoms.